The topological polar surface area (TPSA) is 63.2 Å². The highest BCUT2D eigenvalue weighted by molar-refractivity contribution is 7.90. The van der Waals surface area contributed by atoms with Crippen molar-refractivity contribution < 1.29 is 13.2 Å². The van der Waals surface area contributed by atoms with Gasteiger partial charge in [0.1, 0.15) is 0 Å². The van der Waals surface area contributed by atoms with Gasteiger partial charge in [-0.25, -0.2) is 8.42 Å². The van der Waals surface area contributed by atoms with E-state index < -0.39 is 15.7 Å². The maximum absolute atomic E-state index is 12.9. The van der Waals surface area contributed by atoms with Gasteiger partial charge in [0.2, 0.25) is 0 Å². The lowest BCUT2D eigenvalue weighted by Crippen LogP contribution is -2.31. The summed E-state index contributed by atoms with van der Waals surface area (Å²) in [5.41, 5.74) is 2.21. The Bertz CT molecular complexity index is 1020. The molecule has 3 aromatic rings. The van der Waals surface area contributed by atoms with E-state index in [0.29, 0.717) is 6.42 Å². The van der Waals surface area contributed by atoms with Crippen LogP contribution in [0.5, 0.6) is 0 Å². The Morgan fingerprint density at radius 1 is 0.852 bits per heavy atom. The Balaban J connectivity index is 1.92. The minimum Gasteiger partial charge on any atom is -0.345 e. The molecule has 0 bridgehead atoms. The fraction of sp³-hybridized carbons (Fsp3) is 0.136. The first-order chi connectivity index (χ1) is 12.9. The molecule has 0 saturated heterocycles. The van der Waals surface area contributed by atoms with Gasteiger partial charge in [0.05, 0.1) is 16.5 Å². The molecule has 0 spiro atoms. The molecule has 27 heavy (non-hydrogen) atoms. The van der Waals surface area contributed by atoms with E-state index >= 15 is 0 Å². The van der Waals surface area contributed by atoms with E-state index in [2.05, 4.69) is 5.32 Å². The number of carbonyl (C=O) groups is 1. The number of rotatable bonds is 6. The van der Waals surface area contributed by atoms with Crippen LogP contribution in [0, 0.1) is 0 Å². The van der Waals surface area contributed by atoms with E-state index in [1.807, 2.05) is 60.7 Å². The second kappa shape index (κ2) is 8.18. The van der Waals surface area contributed by atoms with Gasteiger partial charge in [0, 0.05) is 6.26 Å². The average molecular weight is 379 g/mol. The van der Waals surface area contributed by atoms with Crippen molar-refractivity contribution in [3.8, 4) is 0 Å². The molecule has 5 heteroatoms. The summed E-state index contributed by atoms with van der Waals surface area (Å²) in [7, 11) is -3.50. The number of amides is 1. The van der Waals surface area contributed by atoms with Crippen LogP contribution in [0.25, 0.3) is 0 Å². The molecule has 0 aliphatic carbocycles. The molecule has 0 fully saturated rings. The highest BCUT2D eigenvalue weighted by Crippen LogP contribution is 2.21. The van der Waals surface area contributed by atoms with Gasteiger partial charge in [-0.15, -0.1) is 0 Å². The number of hydrogen-bond acceptors (Lipinski definition) is 3. The number of carbonyl (C=O) groups excluding carboxylic acids is 1. The maximum Gasteiger partial charge on any atom is 0.253 e. The Hall–Kier alpha value is -2.92. The molecular weight excluding hydrogens is 358 g/mol. The van der Waals surface area contributed by atoms with Crippen LogP contribution in [0.3, 0.4) is 0 Å². The van der Waals surface area contributed by atoms with Crippen LogP contribution in [0.4, 0.5) is 0 Å². The SMILES string of the molecule is CS(=O)(=O)c1ccccc1C(=O)N[C@@H](Cc1ccccc1)c1ccccc1. The van der Waals surface area contributed by atoms with Crippen LogP contribution in [-0.4, -0.2) is 20.6 Å². The monoisotopic (exact) mass is 379 g/mol. The Morgan fingerprint density at radius 3 is 2.04 bits per heavy atom. The van der Waals surface area contributed by atoms with E-state index in [0.717, 1.165) is 17.4 Å². The summed E-state index contributed by atoms with van der Waals surface area (Å²) in [6, 6.07) is 25.6. The Morgan fingerprint density at radius 2 is 1.41 bits per heavy atom. The lowest BCUT2D eigenvalue weighted by molar-refractivity contribution is 0.0933. The fourth-order valence-corrected chi connectivity index (χ4v) is 3.89. The number of benzene rings is 3. The maximum atomic E-state index is 12.9. The zero-order chi connectivity index (χ0) is 19.3. The van der Waals surface area contributed by atoms with Gasteiger partial charge < -0.3 is 5.32 Å². The normalized spacial score (nSPS) is 12.3. The highest BCUT2D eigenvalue weighted by atomic mass is 32.2. The third-order valence-corrected chi connectivity index (χ3v) is 5.48. The van der Waals surface area contributed by atoms with E-state index in [9.17, 15) is 13.2 Å². The third-order valence-electron chi connectivity index (χ3n) is 4.32. The summed E-state index contributed by atoms with van der Waals surface area (Å²) < 4.78 is 24.0. The molecule has 1 atom stereocenters. The van der Waals surface area contributed by atoms with Crippen LogP contribution in [0.2, 0.25) is 0 Å². The Kier molecular flexibility index (Phi) is 5.72. The van der Waals surface area contributed by atoms with E-state index in [4.69, 9.17) is 0 Å². The second-order valence-electron chi connectivity index (χ2n) is 6.39. The van der Waals surface area contributed by atoms with Gasteiger partial charge in [0.15, 0.2) is 9.84 Å². The molecule has 138 valence electrons. The molecule has 0 saturated carbocycles. The quantitative estimate of drug-likeness (QED) is 0.708. The molecule has 0 unspecified atom stereocenters. The smallest absolute Gasteiger partial charge is 0.253 e. The second-order valence-corrected chi connectivity index (χ2v) is 8.38. The first-order valence-electron chi connectivity index (χ1n) is 8.64. The summed E-state index contributed by atoms with van der Waals surface area (Å²) in [6.07, 6.45) is 1.72. The first kappa shape index (κ1) is 18.9. The fourth-order valence-electron chi connectivity index (χ4n) is 3.00. The molecule has 1 N–H and O–H groups in total. The number of hydrogen-bond donors (Lipinski definition) is 1. The molecule has 0 radical (unpaired) electrons. The number of sulfone groups is 1. The van der Waals surface area contributed by atoms with Crippen molar-refractivity contribution in [1.82, 2.24) is 5.32 Å². The van der Waals surface area contributed by atoms with Gasteiger partial charge in [-0.2, -0.15) is 0 Å². The standard InChI is InChI=1S/C22H21NO3S/c1-27(25,26)21-15-9-8-14-19(21)22(24)23-20(18-12-6-3-7-13-18)16-17-10-4-2-5-11-17/h2-15,20H,16H2,1H3,(H,23,24)/t20-/m0/s1. The first-order valence-corrected chi connectivity index (χ1v) is 10.5. The van der Waals surface area contributed by atoms with E-state index in [1.165, 1.54) is 12.1 Å². The van der Waals surface area contributed by atoms with Crippen molar-refractivity contribution in [2.24, 2.45) is 0 Å². The molecular formula is C22H21NO3S. The highest BCUT2D eigenvalue weighted by Gasteiger charge is 2.21. The van der Waals surface area contributed by atoms with Gasteiger partial charge in [-0.1, -0.05) is 72.8 Å². The van der Waals surface area contributed by atoms with Crippen molar-refractivity contribution in [3.05, 3.63) is 102 Å². The molecule has 0 aliphatic rings. The molecule has 0 heterocycles. The zero-order valence-corrected chi connectivity index (χ0v) is 15.8. The summed E-state index contributed by atoms with van der Waals surface area (Å²) in [4.78, 5) is 12.9. The number of nitrogens with one attached hydrogen (secondary N) is 1. The molecule has 3 aromatic carbocycles. The van der Waals surface area contributed by atoms with E-state index in [-0.39, 0.29) is 16.5 Å². The molecule has 3 rings (SSSR count). The minimum atomic E-state index is -3.50. The lowest BCUT2D eigenvalue weighted by atomic mass is 9.98. The molecule has 1 amide bonds. The van der Waals surface area contributed by atoms with Crippen molar-refractivity contribution in [2.75, 3.05) is 6.26 Å². The van der Waals surface area contributed by atoms with Crippen LogP contribution >= 0.6 is 0 Å². The summed E-state index contributed by atoms with van der Waals surface area (Å²) in [5, 5.41) is 3.01. The lowest BCUT2D eigenvalue weighted by Gasteiger charge is -2.20. The summed E-state index contributed by atoms with van der Waals surface area (Å²) >= 11 is 0. The van der Waals surface area contributed by atoms with Crippen LogP contribution in [0.15, 0.2) is 89.8 Å². The van der Waals surface area contributed by atoms with Crippen molar-refractivity contribution in [2.45, 2.75) is 17.4 Å². The Labute approximate surface area is 159 Å². The zero-order valence-electron chi connectivity index (χ0n) is 15.0. The average Bonchev–Trinajstić information content (AvgIpc) is 2.68. The van der Waals surface area contributed by atoms with E-state index in [1.54, 1.807) is 12.1 Å². The van der Waals surface area contributed by atoms with Crippen molar-refractivity contribution >= 4 is 15.7 Å². The summed E-state index contributed by atoms with van der Waals surface area (Å²) in [5.74, 6) is -0.402. The van der Waals surface area contributed by atoms with Crippen LogP contribution < -0.4 is 5.32 Å². The summed E-state index contributed by atoms with van der Waals surface area (Å²) in [6.45, 7) is 0. The predicted molar refractivity (Wildman–Crippen MR) is 106 cm³/mol. The minimum absolute atomic E-state index is 0.0361. The van der Waals surface area contributed by atoms with Gasteiger partial charge in [-0.05, 0) is 29.7 Å². The van der Waals surface area contributed by atoms with Crippen molar-refractivity contribution in [3.63, 3.8) is 0 Å². The van der Waals surface area contributed by atoms with Crippen LogP contribution in [-0.2, 0) is 16.3 Å². The van der Waals surface area contributed by atoms with Gasteiger partial charge in [-0.3, -0.25) is 4.79 Å². The van der Waals surface area contributed by atoms with Gasteiger partial charge >= 0.3 is 0 Å². The molecule has 0 aromatic heterocycles. The molecule has 0 aliphatic heterocycles. The molecule has 4 nitrogen and oxygen atoms in total. The van der Waals surface area contributed by atoms with Crippen molar-refractivity contribution in [1.29, 1.82) is 0 Å². The third kappa shape index (κ3) is 4.83. The largest absolute Gasteiger partial charge is 0.345 e. The predicted octanol–water partition coefficient (Wildman–Crippen LogP) is 3.80. The van der Waals surface area contributed by atoms with Gasteiger partial charge in [0.25, 0.3) is 5.91 Å². The van der Waals surface area contributed by atoms with Crippen LogP contribution in [0.1, 0.15) is 27.5 Å².